The van der Waals surface area contributed by atoms with Gasteiger partial charge in [0.05, 0.1) is 6.54 Å². The number of alkyl halides is 6. The van der Waals surface area contributed by atoms with Crippen LogP contribution < -0.4 is 0 Å². The molecule has 3 aromatic rings. The summed E-state index contributed by atoms with van der Waals surface area (Å²) in [4.78, 5) is 11.6. The quantitative estimate of drug-likeness (QED) is 0.668. The van der Waals surface area contributed by atoms with Crippen molar-refractivity contribution in [3.05, 3.63) is 42.4 Å². The Morgan fingerprint density at radius 2 is 1.68 bits per heavy atom. The van der Waals surface area contributed by atoms with E-state index in [0.29, 0.717) is 0 Å². The number of halogens is 6. The first kappa shape index (κ1) is 17.2. The number of rotatable bonds is 4. The SMILES string of the molecule is FC(F)(F)Cc1nccn1Cc1nc2cccnc2n1CC(F)(F)F. The number of hydrogen-bond acceptors (Lipinski definition) is 3. The molecule has 0 aliphatic carbocycles. The molecule has 0 bridgehead atoms. The number of imidazole rings is 2. The number of aromatic nitrogens is 5. The molecule has 0 radical (unpaired) electrons. The van der Waals surface area contributed by atoms with E-state index in [2.05, 4.69) is 15.0 Å². The summed E-state index contributed by atoms with van der Waals surface area (Å²) in [7, 11) is 0. The monoisotopic (exact) mass is 363 g/mol. The summed E-state index contributed by atoms with van der Waals surface area (Å²) in [5.41, 5.74) is 0.256. The Morgan fingerprint density at radius 3 is 2.36 bits per heavy atom. The van der Waals surface area contributed by atoms with E-state index >= 15 is 0 Å². The van der Waals surface area contributed by atoms with Crippen molar-refractivity contribution in [2.75, 3.05) is 0 Å². The molecule has 0 amide bonds. The molecule has 0 atom stereocenters. The molecule has 0 aliphatic heterocycles. The van der Waals surface area contributed by atoms with Gasteiger partial charge in [-0.3, -0.25) is 0 Å². The highest BCUT2D eigenvalue weighted by molar-refractivity contribution is 5.71. The van der Waals surface area contributed by atoms with Crippen LogP contribution in [0, 0.1) is 0 Å². The maximum absolute atomic E-state index is 12.9. The largest absolute Gasteiger partial charge is 0.406 e. The lowest BCUT2D eigenvalue weighted by molar-refractivity contribution is -0.140. The van der Waals surface area contributed by atoms with Crippen LogP contribution in [0.1, 0.15) is 11.6 Å². The van der Waals surface area contributed by atoms with Crippen LogP contribution in [-0.2, 0) is 19.5 Å². The predicted molar refractivity (Wildman–Crippen MR) is 74.7 cm³/mol. The zero-order valence-electron chi connectivity index (χ0n) is 12.5. The normalized spacial score (nSPS) is 12.9. The van der Waals surface area contributed by atoms with Crippen molar-refractivity contribution in [1.82, 2.24) is 24.1 Å². The van der Waals surface area contributed by atoms with E-state index in [-0.39, 0.29) is 29.4 Å². The molecule has 25 heavy (non-hydrogen) atoms. The zero-order chi connectivity index (χ0) is 18.2. The Kier molecular flexibility index (Phi) is 4.17. The van der Waals surface area contributed by atoms with Gasteiger partial charge in [-0.05, 0) is 12.1 Å². The van der Waals surface area contributed by atoms with Crippen LogP contribution in [-0.4, -0.2) is 36.4 Å². The summed E-state index contributed by atoms with van der Waals surface area (Å²) in [6.45, 7) is -1.61. The van der Waals surface area contributed by atoms with Crippen molar-refractivity contribution in [2.45, 2.75) is 31.9 Å². The van der Waals surface area contributed by atoms with Crippen molar-refractivity contribution < 1.29 is 26.3 Å². The summed E-state index contributed by atoms with van der Waals surface area (Å²) in [5.74, 6) is -0.349. The van der Waals surface area contributed by atoms with Gasteiger partial charge in [0.25, 0.3) is 0 Å². The molecule has 3 heterocycles. The van der Waals surface area contributed by atoms with E-state index in [0.717, 1.165) is 15.3 Å². The first-order valence-corrected chi connectivity index (χ1v) is 7.06. The van der Waals surface area contributed by atoms with Crippen molar-refractivity contribution in [1.29, 1.82) is 0 Å². The second-order valence-corrected chi connectivity index (χ2v) is 5.34. The molecule has 0 spiro atoms. The third-order valence-electron chi connectivity index (χ3n) is 3.39. The smallest absolute Gasteiger partial charge is 0.327 e. The van der Waals surface area contributed by atoms with Crippen molar-refractivity contribution in [3.63, 3.8) is 0 Å². The first-order chi connectivity index (χ1) is 11.6. The van der Waals surface area contributed by atoms with E-state index in [1.54, 1.807) is 0 Å². The van der Waals surface area contributed by atoms with Gasteiger partial charge in [-0.1, -0.05) is 0 Å². The van der Waals surface area contributed by atoms with Crippen LogP contribution in [0.4, 0.5) is 26.3 Å². The maximum atomic E-state index is 12.9. The highest BCUT2D eigenvalue weighted by Crippen LogP contribution is 2.24. The van der Waals surface area contributed by atoms with E-state index in [1.165, 1.54) is 24.5 Å². The number of fused-ring (bicyclic) bond motifs is 1. The van der Waals surface area contributed by atoms with Gasteiger partial charge in [0, 0.05) is 18.6 Å². The Bertz CT molecular complexity index is 876. The summed E-state index contributed by atoms with van der Waals surface area (Å²) < 4.78 is 78.3. The molecule has 3 aromatic heterocycles. The molecule has 0 fully saturated rings. The Morgan fingerprint density at radius 1 is 0.920 bits per heavy atom. The molecule has 134 valence electrons. The van der Waals surface area contributed by atoms with E-state index in [4.69, 9.17) is 0 Å². The van der Waals surface area contributed by atoms with Crippen LogP contribution in [0.15, 0.2) is 30.7 Å². The molecule has 0 unspecified atom stereocenters. The van der Waals surface area contributed by atoms with Crippen LogP contribution in [0.3, 0.4) is 0 Å². The third kappa shape index (κ3) is 4.09. The van der Waals surface area contributed by atoms with Gasteiger partial charge in [-0.25, -0.2) is 15.0 Å². The second kappa shape index (κ2) is 6.05. The molecule has 0 saturated carbocycles. The van der Waals surface area contributed by atoms with Gasteiger partial charge in [0.1, 0.15) is 30.1 Å². The van der Waals surface area contributed by atoms with E-state index in [1.807, 2.05) is 0 Å². The lowest BCUT2D eigenvalue weighted by Gasteiger charge is -2.13. The molecular weight excluding hydrogens is 352 g/mol. The summed E-state index contributed by atoms with van der Waals surface area (Å²) in [5, 5.41) is 0. The molecule has 3 rings (SSSR count). The van der Waals surface area contributed by atoms with Crippen molar-refractivity contribution in [3.8, 4) is 0 Å². The Labute approximate surface area is 136 Å². The van der Waals surface area contributed by atoms with E-state index < -0.39 is 25.3 Å². The molecule has 0 aliphatic rings. The first-order valence-electron chi connectivity index (χ1n) is 7.06. The standard InChI is InChI=1S/C14H11F6N5/c15-13(16,17)6-10-21-4-5-24(10)7-11-23-9-2-1-3-22-12(9)25(11)8-14(18,19)20/h1-5H,6-8H2. The van der Waals surface area contributed by atoms with Gasteiger partial charge in [0.2, 0.25) is 0 Å². The summed E-state index contributed by atoms with van der Waals surface area (Å²) >= 11 is 0. The third-order valence-corrected chi connectivity index (χ3v) is 3.39. The molecule has 0 saturated heterocycles. The van der Waals surface area contributed by atoms with E-state index in [9.17, 15) is 26.3 Å². The number of nitrogens with zero attached hydrogens (tertiary/aromatic N) is 5. The second-order valence-electron chi connectivity index (χ2n) is 5.34. The fourth-order valence-corrected chi connectivity index (χ4v) is 2.45. The number of hydrogen-bond donors (Lipinski definition) is 0. The van der Waals surface area contributed by atoms with Crippen LogP contribution in [0.2, 0.25) is 0 Å². The lowest BCUT2D eigenvalue weighted by atomic mass is 10.4. The van der Waals surface area contributed by atoms with Gasteiger partial charge in [-0.15, -0.1) is 0 Å². The lowest BCUT2D eigenvalue weighted by Crippen LogP contribution is -2.22. The zero-order valence-corrected chi connectivity index (χ0v) is 12.5. The minimum atomic E-state index is -4.52. The Balaban J connectivity index is 1.99. The van der Waals surface area contributed by atoms with Crippen LogP contribution in [0.25, 0.3) is 11.2 Å². The number of pyridine rings is 1. The molecule has 11 heteroatoms. The van der Waals surface area contributed by atoms with Crippen molar-refractivity contribution in [2.24, 2.45) is 0 Å². The summed E-state index contributed by atoms with van der Waals surface area (Å²) in [6, 6.07) is 3.01. The predicted octanol–water partition coefficient (Wildman–Crippen LogP) is 3.34. The molecule has 0 N–H and O–H groups in total. The van der Waals surface area contributed by atoms with Gasteiger partial charge < -0.3 is 9.13 Å². The van der Waals surface area contributed by atoms with Crippen molar-refractivity contribution >= 4 is 11.2 Å². The van der Waals surface area contributed by atoms with Gasteiger partial charge in [-0.2, -0.15) is 26.3 Å². The fraction of sp³-hybridized carbons (Fsp3) is 0.357. The summed E-state index contributed by atoms with van der Waals surface area (Å²) in [6.07, 6.45) is -6.52. The highest BCUT2D eigenvalue weighted by Gasteiger charge is 2.32. The van der Waals surface area contributed by atoms with Crippen LogP contribution in [0.5, 0.6) is 0 Å². The fourth-order valence-electron chi connectivity index (χ4n) is 2.45. The van der Waals surface area contributed by atoms with Gasteiger partial charge in [0.15, 0.2) is 5.65 Å². The minimum absolute atomic E-state index is 0.0207. The maximum Gasteiger partial charge on any atom is 0.406 e. The Hall–Kier alpha value is -2.59. The average Bonchev–Trinajstić information content (AvgIpc) is 3.02. The van der Waals surface area contributed by atoms with Gasteiger partial charge >= 0.3 is 12.4 Å². The molecule has 5 nitrogen and oxygen atoms in total. The highest BCUT2D eigenvalue weighted by atomic mass is 19.4. The minimum Gasteiger partial charge on any atom is -0.327 e. The van der Waals surface area contributed by atoms with Crippen LogP contribution >= 0.6 is 0 Å². The molecule has 0 aromatic carbocycles. The molecular formula is C14H11F6N5. The average molecular weight is 363 g/mol. The topological polar surface area (TPSA) is 48.5 Å².